The van der Waals surface area contributed by atoms with Gasteiger partial charge in [-0.05, 0) is 76.9 Å². The Balaban J connectivity index is 0.000000212. The summed E-state index contributed by atoms with van der Waals surface area (Å²) < 4.78 is 8.91. The topological polar surface area (TPSA) is 251 Å². The number of aromatic nitrogens is 6. The minimum Gasteiger partial charge on any atom is -0.469 e. The van der Waals surface area contributed by atoms with Crippen molar-refractivity contribution in [1.82, 2.24) is 35.0 Å². The van der Waals surface area contributed by atoms with Crippen molar-refractivity contribution in [2.75, 3.05) is 7.11 Å². The van der Waals surface area contributed by atoms with Crippen LogP contribution in [-0.2, 0) is 14.3 Å². The van der Waals surface area contributed by atoms with Gasteiger partial charge in [-0.25, -0.2) is 5.84 Å². The van der Waals surface area contributed by atoms with Gasteiger partial charge in [-0.2, -0.15) is 0 Å². The zero-order valence-electron chi connectivity index (χ0n) is 33.3. The molecule has 2 aliphatic rings. The molecule has 0 fully saturated rings. The smallest absolute Gasteiger partial charge is 0.308 e. The van der Waals surface area contributed by atoms with Crippen molar-refractivity contribution in [2.24, 2.45) is 27.5 Å². The fraction of sp³-hybridized carbons (Fsp3) is 0.282. The van der Waals surface area contributed by atoms with Crippen molar-refractivity contribution in [3.8, 4) is 10.0 Å². The van der Waals surface area contributed by atoms with E-state index in [1.165, 1.54) is 16.9 Å². The van der Waals surface area contributed by atoms with Crippen LogP contribution >= 0.6 is 45.9 Å². The second kappa shape index (κ2) is 18.8. The molecular weight excluding hydrogens is 836 g/mol. The Morgan fingerprint density at radius 1 is 0.695 bits per heavy atom. The van der Waals surface area contributed by atoms with Gasteiger partial charge >= 0.3 is 5.97 Å². The third-order valence-corrected chi connectivity index (χ3v) is 12.7. The highest BCUT2D eigenvalue weighted by Crippen LogP contribution is 2.41. The van der Waals surface area contributed by atoms with Crippen LogP contribution in [0.1, 0.15) is 91.4 Å². The first-order valence-corrected chi connectivity index (χ1v) is 20.3. The number of esters is 1. The van der Waals surface area contributed by atoms with E-state index in [2.05, 4.69) is 65.2 Å². The van der Waals surface area contributed by atoms with E-state index in [-0.39, 0.29) is 30.2 Å². The summed E-state index contributed by atoms with van der Waals surface area (Å²) in [6, 6.07) is 14.2. The summed E-state index contributed by atoms with van der Waals surface area (Å²) in [6.07, 6.45) is 0.178. The van der Waals surface area contributed by atoms with Gasteiger partial charge in [0.25, 0.3) is 0 Å². The van der Waals surface area contributed by atoms with E-state index in [9.17, 15) is 9.59 Å². The molecule has 0 aliphatic carbocycles. The number of nitrogens with one attached hydrogen (secondary N) is 1. The fourth-order valence-corrected chi connectivity index (χ4v) is 9.42. The maximum atomic E-state index is 12.1. The monoisotopic (exact) mass is 878 g/mol. The van der Waals surface area contributed by atoms with Gasteiger partial charge in [-0.15, -0.1) is 43.1 Å². The van der Waals surface area contributed by atoms with Crippen molar-refractivity contribution in [3.63, 3.8) is 0 Å². The highest BCUT2D eigenvalue weighted by molar-refractivity contribution is 7.15. The molecule has 16 nitrogen and oxygen atoms in total. The molecule has 0 unspecified atom stereocenters. The van der Waals surface area contributed by atoms with Crippen LogP contribution in [0.15, 0.2) is 58.5 Å². The third kappa shape index (κ3) is 8.76. The molecule has 20 heteroatoms. The molecule has 8 rings (SSSR count). The number of aliphatic imine (C=N–C) groups is 2. The number of halogens is 2. The molecule has 1 amide bonds. The molecule has 2 aromatic carbocycles. The molecule has 0 saturated heterocycles. The van der Waals surface area contributed by atoms with E-state index >= 15 is 0 Å². The minimum atomic E-state index is -0.505. The number of hydrazine groups is 2. The third-order valence-electron chi connectivity index (χ3n) is 9.84. The predicted octanol–water partition coefficient (Wildman–Crippen LogP) is 5.54. The number of amides is 1. The first-order valence-electron chi connectivity index (χ1n) is 17.9. The number of ether oxygens (including phenoxy) is 1. The SMILES string of the molecule is COC(=O)C[C@@H]1N=C(c2ccc(Cl)cc2)c2c(sc(C)c2C)-n2c(C)nnc21.Cc1sc2c(c1C)C(c1ccc(Cl)cc1)=N[C@@H](CC(=O)NN)c1nnc(C)n1-2.NN.O. The van der Waals surface area contributed by atoms with Crippen LogP contribution in [0.5, 0.6) is 0 Å². The molecule has 2 atom stereocenters. The average Bonchev–Trinajstić information content (AvgIpc) is 3.91. The number of fused-ring (bicyclic) bond motifs is 6. The van der Waals surface area contributed by atoms with Gasteiger partial charge in [0.05, 0.1) is 31.4 Å². The van der Waals surface area contributed by atoms with Gasteiger partial charge in [-0.1, -0.05) is 47.5 Å². The van der Waals surface area contributed by atoms with Gasteiger partial charge in [0.2, 0.25) is 5.91 Å². The first kappa shape index (κ1) is 44.9. The van der Waals surface area contributed by atoms with E-state index in [0.717, 1.165) is 66.5 Å². The van der Waals surface area contributed by atoms with Crippen LogP contribution in [0.2, 0.25) is 10.0 Å². The summed E-state index contributed by atoms with van der Waals surface area (Å²) in [5.41, 5.74) is 10.1. The molecule has 0 radical (unpaired) electrons. The minimum absolute atomic E-state index is 0. The van der Waals surface area contributed by atoms with Gasteiger partial charge in [0.15, 0.2) is 11.6 Å². The molecule has 6 aromatic rings. The predicted molar refractivity (Wildman–Crippen MR) is 232 cm³/mol. The number of aryl methyl sites for hydroxylation is 4. The summed E-state index contributed by atoms with van der Waals surface area (Å²) in [6.45, 7) is 12.2. The lowest BCUT2D eigenvalue weighted by atomic mass is 9.99. The highest BCUT2D eigenvalue weighted by atomic mass is 35.5. The Bertz CT molecular complexity index is 2380. The molecule has 2 aliphatic heterocycles. The molecule has 4 aromatic heterocycles. The average molecular weight is 880 g/mol. The van der Waals surface area contributed by atoms with E-state index in [0.29, 0.717) is 21.7 Å². The van der Waals surface area contributed by atoms with Crippen LogP contribution in [0.25, 0.3) is 10.0 Å². The zero-order chi connectivity index (χ0) is 42.0. The number of nitrogens with two attached hydrogens (primary N) is 3. The number of thiophene rings is 2. The van der Waals surface area contributed by atoms with Crippen LogP contribution in [0, 0.1) is 41.5 Å². The number of carbonyl (C=O) groups excluding carboxylic acids is 2. The second-order valence-electron chi connectivity index (χ2n) is 13.4. The number of benzene rings is 2. The van der Waals surface area contributed by atoms with Gasteiger partial charge in [0.1, 0.15) is 33.7 Å². The standard InChI is InChI=1S/C20H19ClN4O2S.C19H19ClN6OS.H4N2.H2O/c1-10-11(2)28-20-17(10)18(13-5-7-14(21)8-6-13)22-15(9-16(26)27-4)19-24-23-12(3)25(19)20;1-9-10(2)28-19-16(9)17(12-4-6-13(20)7-5-12)22-14(8-15(27)23-21)18-25-24-11(3)26(18)19;1-2;/h5-8,15H,9H2,1-4H3;4-7,14H,8,21H2,1-3H3,(H,23,27);1-2H2;1H2/t15-;14-;;/m00../s1. The summed E-state index contributed by atoms with van der Waals surface area (Å²) >= 11 is 15.5. The van der Waals surface area contributed by atoms with Crippen LogP contribution in [0.3, 0.4) is 0 Å². The molecular formula is C39H44Cl2N12O4S2. The lowest BCUT2D eigenvalue weighted by Crippen LogP contribution is -2.31. The Hall–Kier alpha value is -5.18. The molecule has 6 heterocycles. The number of methoxy groups -OCH3 is 1. The van der Waals surface area contributed by atoms with Crippen molar-refractivity contribution < 1.29 is 19.8 Å². The van der Waals surface area contributed by atoms with Crippen molar-refractivity contribution in [1.29, 1.82) is 0 Å². The van der Waals surface area contributed by atoms with Crippen LogP contribution in [-0.4, -0.2) is 65.4 Å². The largest absolute Gasteiger partial charge is 0.469 e. The number of nitrogens with zero attached hydrogens (tertiary/aromatic N) is 8. The summed E-state index contributed by atoms with van der Waals surface area (Å²) in [7, 11) is 1.38. The lowest BCUT2D eigenvalue weighted by molar-refractivity contribution is -0.141. The number of rotatable bonds is 6. The molecule has 59 heavy (non-hydrogen) atoms. The summed E-state index contributed by atoms with van der Waals surface area (Å²) in [4.78, 5) is 36.5. The number of hydrogen-bond donors (Lipinski definition) is 4. The quantitative estimate of drug-likeness (QED) is 0.0704. The van der Waals surface area contributed by atoms with Crippen molar-refractivity contribution >= 4 is 69.2 Å². The maximum absolute atomic E-state index is 12.1. The maximum Gasteiger partial charge on any atom is 0.308 e. The van der Waals surface area contributed by atoms with E-state index in [1.54, 1.807) is 22.7 Å². The number of carbonyl (C=O) groups is 2. The Morgan fingerprint density at radius 3 is 1.46 bits per heavy atom. The first-order chi connectivity index (χ1) is 27.8. The normalized spacial score (nSPS) is 14.8. The lowest BCUT2D eigenvalue weighted by Gasteiger charge is -2.12. The zero-order valence-corrected chi connectivity index (χ0v) is 36.4. The molecule has 0 bridgehead atoms. The van der Waals surface area contributed by atoms with E-state index in [1.807, 2.05) is 71.5 Å². The molecule has 310 valence electrons. The highest BCUT2D eigenvalue weighted by Gasteiger charge is 2.34. The van der Waals surface area contributed by atoms with Gasteiger partial charge < -0.3 is 10.2 Å². The number of hydrogen-bond acceptors (Lipinski definition) is 14. The Kier molecular flexibility index (Phi) is 14.3. The van der Waals surface area contributed by atoms with Crippen LogP contribution in [0.4, 0.5) is 0 Å². The molecule has 0 spiro atoms. The summed E-state index contributed by atoms with van der Waals surface area (Å²) in [5, 5.41) is 20.5. The second-order valence-corrected chi connectivity index (χ2v) is 16.6. The Morgan fingerprint density at radius 2 is 1.08 bits per heavy atom. The van der Waals surface area contributed by atoms with Crippen molar-refractivity contribution in [2.45, 2.75) is 66.5 Å². The molecule has 9 N–H and O–H groups in total. The van der Waals surface area contributed by atoms with E-state index in [4.69, 9.17) is 43.8 Å². The van der Waals surface area contributed by atoms with E-state index < -0.39 is 12.1 Å². The van der Waals surface area contributed by atoms with Gasteiger partial charge in [0, 0.05) is 42.1 Å². The Labute approximate surface area is 358 Å². The van der Waals surface area contributed by atoms with Crippen molar-refractivity contribution in [3.05, 3.63) is 125 Å². The van der Waals surface area contributed by atoms with Crippen LogP contribution < -0.4 is 23.0 Å². The van der Waals surface area contributed by atoms with Gasteiger partial charge in [-0.3, -0.25) is 45.8 Å². The fourth-order valence-electron chi connectivity index (χ4n) is 6.74. The molecule has 0 saturated carbocycles. The summed E-state index contributed by atoms with van der Waals surface area (Å²) in [5.74, 6) is 15.5.